The first kappa shape index (κ1) is 14.0. The summed E-state index contributed by atoms with van der Waals surface area (Å²) >= 11 is 0. The highest BCUT2D eigenvalue weighted by molar-refractivity contribution is 7.89. The van der Waals surface area contributed by atoms with Crippen LogP contribution in [-0.4, -0.2) is 24.7 Å². The summed E-state index contributed by atoms with van der Waals surface area (Å²) in [6.45, 7) is 6.86. The van der Waals surface area contributed by atoms with E-state index in [1.807, 2.05) is 20.8 Å². The zero-order chi connectivity index (χ0) is 13.1. The van der Waals surface area contributed by atoms with E-state index in [0.717, 1.165) is 6.42 Å². The molecule has 0 aliphatic rings. The van der Waals surface area contributed by atoms with Crippen molar-refractivity contribution in [2.75, 3.05) is 12.3 Å². The first-order valence-electron chi connectivity index (χ1n) is 5.69. The van der Waals surface area contributed by atoms with Gasteiger partial charge in [0.05, 0.1) is 6.20 Å². The second-order valence-corrected chi connectivity index (χ2v) is 6.10. The van der Waals surface area contributed by atoms with Gasteiger partial charge in [0.2, 0.25) is 10.0 Å². The predicted octanol–water partition coefficient (Wildman–Crippen LogP) is 0.810. The van der Waals surface area contributed by atoms with Crippen molar-refractivity contribution in [3.05, 3.63) is 6.20 Å². The molecular weight excluding hydrogens is 240 g/mol. The summed E-state index contributed by atoms with van der Waals surface area (Å²) in [5, 5.41) is 3.97. The maximum atomic E-state index is 11.9. The van der Waals surface area contributed by atoms with E-state index in [0.29, 0.717) is 13.1 Å². The van der Waals surface area contributed by atoms with Crippen LogP contribution >= 0.6 is 0 Å². The largest absolute Gasteiger partial charge is 0.383 e. The first-order chi connectivity index (χ1) is 7.88. The van der Waals surface area contributed by atoms with E-state index in [2.05, 4.69) is 9.82 Å². The molecule has 17 heavy (non-hydrogen) atoms. The van der Waals surface area contributed by atoms with Crippen LogP contribution in [0.5, 0.6) is 0 Å². The van der Waals surface area contributed by atoms with E-state index in [4.69, 9.17) is 5.73 Å². The van der Waals surface area contributed by atoms with Gasteiger partial charge >= 0.3 is 0 Å². The molecule has 0 amide bonds. The Labute approximate surface area is 102 Å². The van der Waals surface area contributed by atoms with Crippen LogP contribution in [0.1, 0.15) is 27.2 Å². The summed E-state index contributed by atoms with van der Waals surface area (Å²) in [4.78, 5) is 0.0617. The highest BCUT2D eigenvalue weighted by Gasteiger charge is 2.21. The number of anilines is 1. The molecule has 0 spiro atoms. The van der Waals surface area contributed by atoms with Gasteiger partial charge in [-0.25, -0.2) is 17.8 Å². The number of nitrogens with two attached hydrogens (primary N) is 1. The Kier molecular flexibility index (Phi) is 4.53. The lowest BCUT2D eigenvalue weighted by atomic mass is 10.2. The van der Waals surface area contributed by atoms with E-state index in [1.54, 1.807) is 0 Å². The third kappa shape index (κ3) is 3.44. The second kappa shape index (κ2) is 5.50. The Bertz CT molecular complexity index is 465. The zero-order valence-electron chi connectivity index (χ0n) is 10.5. The van der Waals surface area contributed by atoms with E-state index in [-0.39, 0.29) is 16.6 Å². The topological polar surface area (TPSA) is 90.0 Å². The molecule has 7 heteroatoms. The SMILES string of the molecule is CCCn1ncc(S(=O)(=O)NCC(C)C)c1N. The van der Waals surface area contributed by atoms with Gasteiger partial charge in [-0.2, -0.15) is 5.10 Å². The van der Waals surface area contributed by atoms with Crippen molar-refractivity contribution < 1.29 is 8.42 Å². The molecule has 1 rings (SSSR count). The maximum Gasteiger partial charge on any atom is 0.245 e. The molecule has 0 aromatic carbocycles. The van der Waals surface area contributed by atoms with Crippen molar-refractivity contribution in [1.82, 2.24) is 14.5 Å². The normalized spacial score (nSPS) is 12.2. The van der Waals surface area contributed by atoms with Crippen LogP contribution in [0.2, 0.25) is 0 Å². The standard InChI is InChI=1S/C10H20N4O2S/c1-4-5-14-10(11)9(7-12-14)17(15,16)13-6-8(2)3/h7-8,13H,4-6,11H2,1-3H3. The van der Waals surface area contributed by atoms with E-state index < -0.39 is 10.0 Å². The summed E-state index contributed by atoms with van der Waals surface area (Å²) in [5.74, 6) is 0.444. The summed E-state index contributed by atoms with van der Waals surface area (Å²) in [7, 11) is -3.54. The fourth-order valence-electron chi connectivity index (χ4n) is 1.33. The third-order valence-corrected chi connectivity index (χ3v) is 3.69. The first-order valence-corrected chi connectivity index (χ1v) is 7.17. The van der Waals surface area contributed by atoms with Gasteiger partial charge in [0.15, 0.2) is 0 Å². The number of nitrogens with one attached hydrogen (secondary N) is 1. The molecule has 0 saturated carbocycles. The van der Waals surface area contributed by atoms with Crippen molar-refractivity contribution in [1.29, 1.82) is 0 Å². The number of aromatic nitrogens is 2. The predicted molar refractivity (Wildman–Crippen MR) is 67.0 cm³/mol. The summed E-state index contributed by atoms with van der Waals surface area (Å²) in [6, 6.07) is 0. The Morgan fingerprint density at radius 3 is 2.71 bits per heavy atom. The molecule has 6 nitrogen and oxygen atoms in total. The molecule has 0 saturated heterocycles. The van der Waals surface area contributed by atoms with Gasteiger partial charge in [-0.1, -0.05) is 20.8 Å². The molecule has 3 N–H and O–H groups in total. The fraction of sp³-hybridized carbons (Fsp3) is 0.700. The molecule has 1 heterocycles. The molecule has 0 bridgehead atoms. The number of nitrogens with zero attached hydrogens (tertiary/aromatic N) is 2. The van der Waals surface area contributed by atoms with Crippen LogP contribution in [0.25, 0.3) is 0 Å². The number of hydrogen-bond acceptors (Lipinski definition) is 4. The minimum atomic E-state index is -3.54. The lowest BCUT2D eigenvalue weighted by Gasteiger charge is -2.08. The van der Waals surface area contributed by atoms with Gasteiger partial charge in [-0.05, 0) is 12.3 Å². The van der Waals surface area contributed by atoms with E-state index in [9.17, 15) is 8.42 Å². The Morgan fingerprint density at radius 1 is 1.53 bits per heavy atom. The van der Waals surface area contributed by atoms with Crippen LogP contribution in [0.3, 0.4) is 0 Å². The molecule has 0 atom stereocenters. The highest BCUT2D eigenvalue weighted by Crippen LogP contribution is 2.17. The molecule has 1 aromatic rings. The van der Waals surface area contributed by atoms with E-state index in [1.165, 1.54) is 10.9 Å². The van der Waals surface area contributed by atoms with Crippen molar-refractivity contribution in [3.63, 3.8) is 0 Å². The summed E-state index contributed by atoms with van der Waals surface area (Å²) in [6.07, 6.45) is 2.15. The minimum absolute atomic E-state index is 0.0617. The van der Waals surface area contributed by atoms with Gasteiger partial charge in [-0.15, -0.1) is 0 Å². The van der Waals surface area contributed by atoms with Gasteiger partial charge < -0.3 is 5.73 Å². The van der Waals surface area contributed by atoms with Crippen molar-refractivity contribution in [2.24, 2.45) is 5.92 Å². The van der Waals surface area contributed by atoms with Crippen molar-refractivity contribution in [2.45, 2.75) is 38.6 Å². The molecule has 1 aromatic heterocycles. The molecule has 0 fully saturated rings. The van der Waals surface area contributed by atoms with Crippen LogP contribution < -0.4 is 10.5 Å². The Morgan fingerprint density at radius 2 is 2.18 bits per heavy atom. The minimum Gasteiger partial charge on any atom is -0.383 e. The lowest BCUT2D eigenvalue weighted by molar-refractivity contribution is 0.560. The third-order valence-electron chi connectivity index (χ3n) is 2.25. The van der Waals surface area contributed by atoms with Gasteiger partial charge in [0.25, 0.3) is 0 Å². The zero-order valence-corrected chi connectivity index (χ0v) is 11.3. The van der Waals surface area contributed by atoms with E-state index >= 15 is 0 Å². The Hall–Kier alpha value is -1.08. The Balaban J connectivity index is 2.92. The summed E-state index contributed by atoms with van der Waals surface area (Å²) < 4.78 is 27.9. The monoisotopic (exact) mass is 260 g/mol. The van der Waals surface area contributed by atoms with Crippen LogP contribution in [0.15, 0.2) is 11.1 Å². The molecule has 0 aliphatic carbocycles. The number of aryl methyl sites for hydroxylation is 1. The number of hydrogen-bond donors (Lipinski definition) is 2. The van der Waals surface area contributed by atoms with Gasteiger partial charge in [-0.3, -0.25) is 0 Å². The quantitative estimate of drug-likeness (QED) is 0.792. The van der Waals surface area contributed by atoms with Crippen LogP contribution in [0, 0.1) is 5.92 Å². The lowest BCUT2D eigenvalue weighted by Crippen LogP contribution is -2.28. The molecule has 0 unspecified atom stereocenters. The number of sulfonamides is 1. The smallest absolute Gasteiger partial charge is 0.245 e. The summed E-state index contributed by atoms with van der Waals surface area (Å²) in [5.41, 5.74) is 5.76. The van der Waals surface area contributed by atoms with Gasteiger partial charge in [0, 0.05) is 13.1 Å². The molecule has 98 valence electrons. The fourth-order valence-corrected chi connectivity index (χ4v) is 2.60. The maximum absolute atomic E-state index is 11.9. The molecular formula is C10H20N4O2S. The van der Waals surface area contributed by atoms with Crippen molar-refractivity contribution >= 4 is 15.8 Å². The van der Waals surface area contributed by atoms with Crippen molar-refractivity contribution in [3.8, 4) is 0 Å². The second-order valence-electron chi connectivity index (χ2n) is 4.36. The van der Waals surface area contributed by atoms with Gasteiger partial charge in [0.1, 0.15) is 10.7 Å². The number of nitrogen functional groups attached to an aromatic ring is 1. The number of rotatable bonds is 6. The average molecular weight is 260 g/mol. The highest BCUT2D eigenvalue weighted by atomic mass is 32.2. The van der Waals surface area contributed by atoms with Crippen LogP contribution in [0.4, 0.5) is 5.82 Å². The molecule has 0 radical (unpaired) electrons. The van der Waals surface area contributed by atoms with Crippen LogP contribution in [-0.2, 0) is 16.6 Å². The molecule has 0 aliphatic heterocycles. The average Bonchev–Trinajstić information content (AvgIpc) is 2.59.